The average molecular weight is 457 g/mol. The highest BCUT2D eigenvalue weighted by atomic mass is 32.2. The van der Waals surface area contributed by atoms with Crippen LogP contribution in [0.1, 0.15) is 60.5 Å². The molecule has 2 aliphatic rings. The minimum Gasteiger partial charge on any atom is -0.494 e. The molecule has 6 nitrogen and oxygen atoms in total. The summed E-state index contributed by atoms with van der Waals surface area (Å²) in [7, 11) is -1.98. The lowest BCUT2D eigenvalue weighted by Gasteiger charge is -2.31. The van der Waals surface area contributed by atoms with E-state index in [-0.39, 0.29) is 16.8 Å². The molecule has 1 aliphatic heterocycles. The maximum atomic E-state index is 13.3. The van der Waals surface area contributed by atoms with Crippen LogP contribution in [0.2, 0.25) is 0 Å². The average Bonchev–Trinajstić information content (AvgIpc) is 2.83. The molecule has 1 fully saturated rings. The van der Waals surface area contributed by atoms with Gasteiger partial charge in [0.25, 0.3) is 5.91 Å². The van der Waals surface area contributed by atoms with Gasteiger partial charge in [-0.15, -0.1) is 0 Å². The molecule has 0 spiro atoms. The first-order chi connectivity index (χ1) is 15.4. The summed E-state index contributed by atoms with van der Waals surface area (Å²) >= 11 is 0. The van der Waals surface area contributed by atoms with Gasteiger partial charge in [-0.3, -0.25) is 4.79 Å². The number of nitrogens with zero attached hydrogens (tertiary/aromatic N) is 2. The second-order valence-corrected chi connectivity index (χ2v) is 10.7. The summed E-state index contributed by atoms with van der Waals surface area (Å²) in [5.41, 5.74) is 2.71. The predicted molar refractivity (Wildman–Crippen MR) is 124 cm³/mol. The van der Waals surface area contributed by atoms with Crippen molar-refractivity contribution in [2.75, 3.05) is 20.2 Å². The molecule has 1 heterocycles. The molecule has 4 rings (SSSR count). The lowest BCUT2D eigenvalue weighted by atomic mass is 9.96. The Labute approximate surface area is 191 Å². The van der Waals surface area contributed by atoms with E-state index in [1.165, 1.54) is 22.4 Å². The molecule has 0 atom stereocenters. The molecule has 7 heteroatoms. The summed E-state index contributed by atoms with van der Waals surface area (Å²) in [5.74, 6) is 0.661. The highest BCUT2D eigenvalue weighted by Gasteiger charge is 2.30. The molecule has 0 unspecified atom stereocenters. The van der Waals surface area contributed by atoms with E-state index in [4.69, 9.17) is 4.74 Å². The molecule has 2 aromatic carbocycles. The fourth-order valence-corrected chi connectivity index (χ4v) is 6.20. The minimum atomic E-state index is -3.64. The van der Waals surface area contributed by atoms with Gasteiger partial charge < -0.3 is 9.64 Å². The highest BCUT2D eigenvalue weighted by molar-refractivity contribution is 7.89. The van der Waals surface area contributed by atoms with Crippen molar-refractivity contribution in [1.82, 2.24) is 9.21 Å². The van der Waals surface area contributed by atoms with Crippen molar-refractivity contribution in [3.63, 3.8) is 0 Å². The number of carbonyl (C=O) groups is 1. The second kappa shape index (κ2) is 9.63. The fourth-order valence-electron chi connectivity index (χ4n) is 4.74. The van der Waals surface area contributed by atoms with E-state index in [2.05, 4.69) is 6.07 Å². The lowest BCUT2D eigenvalue weighted by Crippen LogP contribution is -2.38. The molecule has 32 heavy (non-hydrogen) atoms. The van der Waals surface area contributed by atoms with Gasteiger partial charge in [-0.2, -0.15) is 4.31 Å². The summed E-state index contributed by atoms with van der Waals surface area (Å²) in [6.07, 6.45) is 5.85. The van der Waals surface area contributed by atoms with Crippen molar-refractivity contribution in [1.29, 1.82) is 0 Å². The number of sulfonamides is 1. The first-order valence-electron chi connectivity index (χ1n) is 11.5. The molecule has 172 valence electrons. The molecule has 0 saturated heterocycles. The molecule has 0 bridgehead atoms. The van der Waals surface area contributed by atoms with E-state index >= 15 is 0 Å². The van der Waals surface area contributed by atoms with Crippen molar-refractivity contribution in [3.8, 4) is 5.75 Å². The number of carbonyl (C=O) groups excluding carboxylic acids is 1. The van der Waals surface area contributed by atoms with Crippen LogP contribution in [0.3, 0.4) is 0 Å². The summed E-state index contributed by atoms with van der Waals surface area (Å²) in [6, 6.07) is 12.6. The first-order valence-corrected chi connectivity index (χ1v) is 13.0. The largest absolute Gasteiger partial charge is 0.494 e. The standard InChI is InChI=1S/C25H32N2O4S/c1-3-31-23-13-12-19-14-15-27(18-21(19)16-23)25(28)20-8-7-11-24(17-20)32(29,30)26(2)22-9-5-4-6-10-22/h7-8,11-13,16-17,22H,3-6,9-10,14-15,18H2,1-2H3. The van der Waals surface area contributed by atoms with Gasteiger partial charge in [0, 0.05) is 31.7 Å². The zero-order chi connectivity index (χ0) is 22.7. The van der Waals surface area contributed by atoms with E-state index in [1.54, 1.807) is 30.1 Å². The number of amides is 1. The number of ether oxygens (including phenoxy) is 1. The zero-order valence-corrected chi connectivity index (χ0v) is 19.7. The third-order valence-corrected chi connectivity index (χ3v) is 8.54. The lowest BCUT2D eigenvalue weighted by molar-refractivity contribution is 0.0734. The molecule has 0 radical (unpaired) electrons. The predicted octanol–water partition coefficient (Wildman–Crippen LogP) is 4.24. The molecule has 2 aromatic rings. The van der Waals surface area contributed by atoms with Crippen LogP contribution in [-0.4, -0.2) is 49.8 Å². The van der Waals surface area contributed by atoms with Crippen LogP contribution in [-0.2, 0) is 23.0 Å². The molecule has 1 aliphatic carbocycles. The quantitative estimate of drug-likeness (QED) is 0.652. The van der Waals surface area contributed by atoms with Crippen LogP contribution >= 0.6 is 0 Å². The highest BCUT2D eigenvalue weighted by Crippen LogP contribution is 2.28. The van der Waals surface area contributed by atoms with Gasteiger partial charge in [0.1, 0.15) is 5.75 Å². The number of benzene rings is 2. The Bertz CT molecular complexity index is 1080. The van der Waals surface area contributed by atoms with Gasteiger partial charge in [0.05, 0.1) is 11.5 Å². The third kappa shape index (κ3) is 4.69. The topological polar surface area (TPSA) is 66.9 Å². The Morgan fingerprint density at radius 1 is 1.09 bits per heavy atom. The van der Waals surface area contributed by atoms with E-state index in [1.807, 2.05) is 19.1 Å². The molecule has 1 saturated carbocycles. The van der Waals surface area contributed by atoms with Crippen molar-refractivity contribution >= 4 is 15.9 Å². The van der Waals surface area contributed by atoms with Crippen molar-refractivity contribution in [2.45, 2.75) is 62.9 Å². The molecular weight excluding hydrogens is 424 g/mol. The monoisotopic (exact) mass is 456 g/mol. The van der Waals surface area contributed by atoms with Gasteiger partial charge in [-0.25, -0.2) is 8.42 Å². The maximum absolute atomic E-state index is 13.3. The SMILES string of the molecule is CCOc1ccc2c(c1)CN(C(=O)c1cccc(S(=O)(=O)N(C)C3CCCCC3)c1)CC2. The Morgan fingerprint density at radius 3 is 2.62 bits per heavy atom. The third-order valence-electron chi connectivity index (χ3n) is 6.64. The Hall–Kier alpha value is -2.38. The summed E-state index contributed by atoms with van der Waals surface area (Å²) in [4.78, 5) is 15.2. The minimum absolute atomic E-state index is 0.0336. The fraction of sp³-hybridized carbons (Fsp3) is 0.480. The van der Waals surface area contributed by atoms with Gasteiger partial charge in [0.15, 0.2) is 0 Å². The molecular formula is C25H32N2O4S. The molecule has 1 amide bonds. The zero-order valence-electron chi connectivity index (χ0n) is 18.9. The Kier molecular flexibility index (Phi) is 6.86. The maximum Gasteiger partial charge on any atom is 0.254 e. The Morgan fingerprint density at radius 2 is 1.88 bits per heavy atom. The van der Waals surface area contributed by atoms with Crippen LogP contribution in [0.25, 0.3) is 0 Å². The Balaban J connectivity index is 1.53. The second-order valence-electron chi connectivity index (χ2n) is 8.68. The molecule has 0 aromatic heterocycles. The smallest absolute Gasteiger partial charge is 0.254 e. The van der Waals surface area contributed by atoms with Gasteiger partial charge in [0.2, 0.25) is 10.0 Å². The van der Waals surface area contributed by atoms with Crippen LogP contribution in [0, 0.1) is 0 Å². The number of fused-ring (bicyclic) bond motifs is 1. The number of hydrogen-bond acceptors (Lipinski definition) is 4. The molecule has 0 N–H and O–H groups in total. The van der Waals surface area contributed by atoms with Gasteiger partial charge >= 0.3 is 0 Å². The number of rotatable bonds is 6. The van der Waals surface area contributed by atoms with Gasteiger partial charge in [-0.1, -0.05) is 31.4 Å². The van der Waals surface area contributed by atoms with Crippen LogP contribution in [0.15, 0.2) is 47.4 Å². The van der Waals surface area contributed by atoms with E-state index in [0.29, 0.717) is 25.3 Å². The van der Waals surface area contributed by atoms with E-state index < -0.39 is 10.0 Å². The summed E-state index contributed by atoms with van der Waals surface area (Å²) in [6.45, 7) is 3.65. The normalized spacial score (nSPS) is 17.3. The van der Waals surface area contributed by atoms with E-state index in [0.717, 1.165) is 43.4 Å². The van der Waals surface area contributed by atoms with Crippen molar-refractivity contribution in [3.05, 3.63) is 59.2 Å². The van der Waals surface area contributed by atoms with Crippen LogP contribution < -0.4 is 4.74 Å². The van der Waals surface area contributed by atoms with Crippen molar-refractivity contribution < 1.29 is 17.9 Å². The number of hydrogen-bond donors (Lipinski definition) is 0. The van der Waals surface area contributed by atoms with Crippen molar-refractivity contribution in [2.24, 2.45) is 0 Å². The van der Waals surface area contributed by atoms with Crippen LogP contribution in [0.5, 0.6) is 5.75 Å². The van der Waals surface area contributed by atoms with E-state index in [9.17, 15) is 13.2 Å². The van der Waals surface area contributed by atoms with Crippen LogP contribution in [0.4, 0.5) is 0 Å². The first kappa shape index (κ1) is 22.8. The van der Waals surface area contributed by atoms with Gasteiger partial charge in [-0.05, 0) is 67.6 Å². The summed E-state index contributed by atoms with van der Waals surface area (Å²) < 4.78 is 33.6. The summed E-state index contributed by atoms with van der Waals surface area (Å²) in [5, 5.41) is 0.